The molecular formula is C18H21NO. The number of ether oxygens (including phenoxy) is 1. The number of benzene rings is 2. The first-order valence-electron chi connectivity index (χ1n) is 7.14. The van der Waals surface area contributed by atoms with Crippen LogP contribution in [0.5, 0.6) is 5.75 Å². The maximum atomic E-state index is 5.30. The van der Waals surface area contributed by atoms with E-state index in [-0.39, 0.29) is 0 Å². The zero-order chi connectivity index (χ0) is 14.1. The van der Waals surface area contributed by atoms with Crippen LogP contribution >= 0.6 is 0 Å². The van der Waals surface area contributed by atoms with Gasteiger partial charge in [-0.25, -0.2) is 0 Å². The summed E-state index contributed by atoms with van der Waals surface area (Å²) in [5.41, 5.74) is 5.63. The van der Waals surface area contributed by atoms with Crippen LogP contribution in [0.1, 0.15) is 34.2 Å². The van der Waals surface area contributed by atoms with Gasteiger partial charge in [-0.2, -0.15) is 0 Å². The van der Waals surface area contributed by atoms with Gasteiger partial charge in [0.2, 0.25) is 0 Å². The third kappa shape index (κ3) is 2.10. The Morgan fingerprint density at radius 1 is 1.20 bits per heavy atom. The summed E-state index contributed by atoms with van der Waals surface area (Å²) in [4.78, 5) is 0. The van der Waals surface area contributed by atoms with Gasteiger partial charge in [0.05, 0.1) is 7.11 Å². The molecule has 1 aliphatic rings. The van der Waals surface area contributed by atoms with Crippen LogP contribution < -0.4 is 10.1 Å². The second-order valence-electron chi connectivity index (χ2n) is 5.50. The fourth-order valence-corrected chi connectivity index (χ4v) is 3.29. The van der Waals surface area contributed by atoms with Gasteiger partial charge in [0.15, 0.2) is 0 Å². The summed E-state index contributed by atoms with van der Waals surface area (Å²) in [5, 5.41) is 3.50. The van der Waals surface area contributed by atoms with Crippen molar-refractivity contribution in [1.82, 2.24) is 5.32 Å². The zero-order valence-electron chi connectivity index (χ0n) is 12.3. The summed E-state index contributed by atoms with van der Waals surface area (Å²) >= 11 is 0. The Morgan fingerprint density at radius 3 is 2.65 bits per heavy atom. The number of nitrogens with one attached hydrogen (secondary N) is 1. The molecule has 2 aromatic carbocycles. The maximum Gasteiger partial charge on any atom is 0.119 e. The van der Waals surface area contributed by atoms with Gasteiger partial charge in [-0.05, 0) is 54.8 Å². The minimum atomic E-state index is 0.371. The molecule has 0 heterocycles. The Hall–Kier alpha value is -1.80. The van der Waals surface area contributed by atoms with Crippen molar-refractivity contribution in [1.29, 1.82) is 0 Å². The maximum absolute atomic E-state index is 5.30. The molecule has 0 bridgehead atoms. The number of hydrogen-bond donors (Lipinski definition) is 1. The number of methoxy groups -OCH3 is 1. The van der Waals surface area contributed by atoms with E-state index in [1.807, 2.05) is 0 Å². The Balaban J connectivity index is 1.92. The third-order valence-corrected chi connectivity index (χ3v) is 4.42. The average molecular weight is 267 g/mol. The molecule has 0 amide bonds. The second kappa shape index (κ2) is 5.29. The smallest absolute Gasteiger partial charge is 0.119 e. The molecule has 2 heteroatoms. The first kappa shape index (κ1) is 13.2. The molecule has 2 nitrogen and oxygen atoms in total. The molecule has 20 heavy (non-hydrogen) atoms. The Labute approximate surface area is 120 Å². The molecule has 2 aromatic rings. The number of rotatable bonds is 4. The SMILES string of the molecule is CNC(c1ccc(OC)cc1C)C1Cc2ccccc21. The van der Waals surface area contributed by atoms with Crippen molar-refractivity contribution in [3.63, 3.8) is 0 Å². The number of likely N-dealkylation sites (N-methyl/N-ethyl adjacent to an activating group) is 1. The highest BCUT2D eigenvalue weighted by atomic mass is 16.5. The lowest BCUT2D eigenvalue weighted by Crippen LogP contribution is -2.31. The molecule has 0 spiro atoms. The van der Waals surface area contributed by atoms with E-state index >= 15 is 0 Å². The van der Waals surface area contributed by atoms with E-state index in [1.54, 1.807) is 7.11 Å². The molecule has 0 radical (unpaired) electrons. The molecule has 0 aliphatic heterocycles. The minimum Gasteiger partial charge on any atom is -0.497 e. The lowest BCUT2D eigenvalue weighted by atomic mass is 9.71. The number of hydrogen-bond acceptors (Lipinski definition) is 2. The lowest BCUT2D eigenvalue weighted by molar-refractivity contribution is 0.411. The number of fused-ring (bicyclic) bond motifs is 1. The van der Waals surface area contributed by atoms with Gasteiger partial charge in [0, 0.05) is 12.0 Å². The second-order valence-corrected chi connectivity index (χ2v) is 5.50. The highest BCUT2D eigenvalue weighted by Gasteiger charge is 2.33. The predicted molar refractivity (Wildman–Crippen MR) is 82.4 cm³/mol. The summed E-state index contributed by atoms with van der Waals surface area (Å²) in [7, 11) is 3.77. The van der Waals surface area contributed by atoms with Crippen LogP contribution in [0, 0.1) is 6.92 Å². The highest BCUT2D eigenvalue weighted by molar-refractivity contribution is 5.45. The van der Waals surface area contributed by atoms with E-state index < -0.39 is 0 Å². The van der Waals surface area contributed by atoms with Gasteiger partial charge in [0.25, 0.3) is 0 Å². The molecule has 2 unspecified atom stereocenters. The summed E-state index contributed by atoms with van der Waals surface area (Å²) in [6.45, 7) is 2.16. The molecule has 1 aliphatic carbocycles. The fraction of sp³-hybridized carbons (Fsp3) is 0.333. The lowest BCUT2D eigenvalue weighted by Gasteiger charge is -2.37. The molecule has 104 valence electrons. The average Bonchev–Trinajstić information content (AvgIpc) is 2.45. The van der Waals surface area contributed by atoms with Crippen LogP contribution in [0.25, 0.3) is 0 Å². The van der Waals surface area contributed by atoms with Crippen LogP contribution in [0.3, 0.4) is 0 Å². The van der Waals surface area contributed by atoms with E-state index in [4.69, 9.17) is 4.74 Å². The van der Waals surface area contributed by atoms with Crippen molar-refractivity contribution < 1.29 is 4.74 Å². The predicted octanol–water partition coefficient (Wildman–Crippen LogP) is 3.60. The summed E-state index contributed by atoms with van der Waals surface area (Å²) in [5.74, 6) is 1.50. The Bertz CT molecular complexity index is 621. The highest BCUT2D eigenvalue weighted by Crippen LogP contribution is 2.44. The fourth-order valence-electron chi connectivity index (χ4n) is 3.29. The van der Waals surface area contributed by atoms with Crippen LogP contribution in [0.2, 0.25) is 0 Å². The molecule has 0 saturated carbocycles. The van der Waals surface area contributed by atoms with E-state index in [0.717, 1.165) is 12.2 Å². The van der Waals surface area contributed by atoms with Crippen LogP contribution in [0.4, 0.5) is 0 Å². The van der Waals surface area contributed by atoms with E-state index in [2.05, 4.69) is 61.8 Å². The molecule has 2 atom stereocenters. The van der Waals surface area contributed by atoms with E-state index in [9.17, 15) is 0 Å². The zero-order valence-corrected chi connectivity index (χ0v) is 12.3. The van der Waals surface area contributed by atoms with Gasteiger partial charge in [-0.15, -0.1) is 0 Å². The Kier molecular flexibility index (Phi) is 3.49. The van der Waals surface area contributed by atoms with Crippen molar-refractivity contribution in [2.24, 2.45) is 0 Å². The molecule has 0 fully saturated rings. The van der Waals surface area contributed by atoms with Gasteiger partial charge in [-0.1, -0.05) is 30.3 Å². The summed E-state index contributed by atoms with van der Waals surface area (Å²) < 4.78 is 5.30. The third-order valence-electron chi connectivity index (χ3n) is 4.42. The molecule has 0 aromatic heterocycles. The summed E-state index contributed by atoms with van der Waals surface area (Å²) in [6, 6.07) is 15.5. The Morgan fingerprint density at radius 2 is 2.00 bits per heavy atom. The van der Waals surface area contributed by atoms with Crippen LogP contribution in [-0.4, -0.2) is 14.2 Å². The van der Waals surface area contributed by atoms with Crippen molar-refractivity contribution in [2.45, 2.75) is 25.3 Å². The molecule has 1 N–H and O–H groups in total. The standard InChI is InChI=1S/C18H21NO/c1-12-10-14(20-3)8-9-15(12)18(19-2)17-11-13-6-4-5-7-16(13)17/h4-10,17-19H,11H2,1-3H3. The van der Waals surface area contributed by atoms with Crippen LogP contribution in [0.15, 0.2) is 42.5 Å². The van der Waals surface area contributed by atoms with Gasteiger partial charge >= 0.3 is 0 Å². The van der Waals surface area contributed by atoms with Gasteiger partial charge in [-0.3, -0.25) is 0 Å². The quantitative estimate of drug-likeness (QED) is 0.914. The van der Waals surface area contributed by atoms with Crippen molar-refractivity contribution >= 4 is 0 Å². The first-order valence-corrected chi connectivity index (χ1v) is 7.14. The first-order chi connectivity index (χ1) is 9.74. The minimum absolute atomic E-state index is 0.371. The number of aryl methyl sites for hydroxylation is 1. The van der Waals surface area contributed by atoms with E-state index in [1.165, 1.54) is 22.3 Å². The van der Waals surface area contributed by atoms with Gasteiger partial charge < -0.3 is 10.1 Å². The van der Waals surface area contributed by atoms with E-state index in [0.29, 0.717) is 12.0 Å². The topological polar surface area (TPSA) is 21.3 Å². The van der Waals surface area contributed by atoms with Gasteiger partial charge in [0.1, 0.15) is 5.75 Å². The molecule has 0 saturated heterocycles. The largest absolute Gasteiger partial charge is 0.497 e. The van der Waals surface area contributed by atoms with Crippen molar-refractivity contribution in [3.8, 4) is 5.75 Å². The molecule has 3 rings (SSSR count). The monoisotopic (exact) mass is 267 g/mol. The van der Waals surface area contributed by atoms with Crippen LogP contribution in [-0.2, 0) is 6.42 Å². The van der Waals surface area contributed by atoms with Crippen molar-refractivity contribution in [3.05, 3.63) is 64.7 Å². The molecular weight excluding hydrogens is 246 g/mol. The van der Waals surface area contributed by atoms with Crippen molar-refractivity contribution in [2.75, 3.05) is 14.2 Å². The summed E-state index contributed by atoms with van der Waals surface area (Å²) in [6.07, 6.45) is 1.16. The normalized spacial score (nSPS) is 18.1.